The van der Waals surface area contributed by atoms with Crippen molar-refractivity contribution in [3.63, 3.8) is 0 Å². The third-order valence-electron chi connectivity index (χ3n) is 9.06. The molecule has 0 radical (unpaired) electrons. The fraction of sp³-hybridized carbons (Fsp3) is 0.872. The zero-order chi connectivity index (χ0) is 45.0. The molecule has 0 rings (SSSR count). The molecular formula is C39H76NNaO16S2. The van der Waals surface area contributed by atoms with E-state index in [2.05, 4.69) is 26.1 Å². The number of ether oxygens (including phenoxy) is 3. The van der Waals surface area contributed by atoms with E-state index in [-0.39, 0.29) is 67.8 Å². The fourth-order valence-corrected chi connectivity index (χ4v) is 6.62. The van der Waals surface area contributed by atoms with Crippen molar-refractivity contribution in [3.05, 3.63) is 0 Å². The Bertz CT molecular complexity index is 1330. The molecular weight excluding hydrogens is 826 g/mol. The van der Waals surface area contributed by atoms with Crippen LogP contribution < -0.4 is 5.32 Å². The summed E-state index contributed by atoms with van der Waals surface area (Å²) < 4.78 is 78.4. The molecule has 0 heterocycles. The number of hydrogen-bond donors (Lipinski definition) is 5. The van der Waals surface area contributed by atoms with Gasteiger partial charge in [-0.2, -0.15) is 16.8 Å². The van der Waals surface area contributed by atoms with E-state index in [1.165, 1.54) is 38.5 Å². The summed E-state index contributed by atoms with van der Waals surface area (Å²) in [6.45, 7) is 10.6. The van der Waals surface area contributed by atoms with Crippen LogP contribution in [-0.2, 0) is 58.4 Å². The Morgan fingerprint density at radius 3 is 1.29 bits per heavy atom. The molecule has 0 aromatic heterocycles. The molecule has 4 unspecified atom stereocenters. The first-order valence-electron chi connectivity index (χ1n) is 20.7. The summed E-state index contributed by atoms with van der Waals surface area (Å²) in [6, 6.07) is 0. The summed E-state index contributed by atoms with van der Waals surface area (Å²) in [6.07, 6.45) is 16.8. The first kappa shape index (κ1) is 63.8. The predicted molar refractivity (Wildman–Crippen MR) is 228 cm³/mol. The monoisotopic (exact) mass is 901 g/mol. The maximum atomic E-state index is 12.2. The van der Waals surface area contributed by atoms with Crippen LogP contribution in [0.1, 0.15) is 163 Å². The molecule has 0 aliphatic heterocycles. The standard InChI is InChI=1S/C20H38O7S.C16H30O7S.C3H7NO2.Na.H/c1-5-9-11-16(7-3)14-26-19(21)13-18(28(23,24)25)20(22)27-15-17(8-4)12-10-6-2;1-2-3-4-5-6-7-8-9-10-11-12-23-16(19)14(13-15(17)18)24(20,21)22;1-4-2-3(5)6;;/h16-18H,5-15H2,1-4H3,(H,23,24,25);14H,2-13H2,1H3,(H,17,18)(H,20,21,22);4H,2H2,1H3,(H,5,6);;. The fourth-order valence-electron chi connectivity index (χ4n) is 5.30. The second-order valence-corrected chi connectivity index (χ2v) is 17.4. The summed E-state index contributed by atoms with van der Waals surface area (Å²) in [7, 11) is -7.95. The van der Waals surface area contributed by atoms with Crippen LogP contribution in [-0.4, -0.2) is 139 Å². The molecule has 0 spiro atoms. The van der Waals surface area contributed by atoms with Gasteiger partial charge in [-0.05, 0) is 38.1 Å². The zero-order valence-electron chi connectivity index (χ0n) is 35.8. The quantitative estimate of drug-likeness (QED) is 0.0167. The van der Waals surface area contributed by atoms with E-state index in [9.17, 15) is 45.4 Å². The van der Waals surface area contributed by atoms with E-state index in [1.807, 2.05) is 13.8 Å². The van der Waals surface area contributed by atoms with Crippen LogP contribution in [0.2, 0.25) is 0 Å². The van der Waals surface area contributed by atoms with Gasteiger partial charge >= 0.3 is 59.4 Å². The summed E-state index contributed by atoms with van der Waals surface area (Å²) in [5.74, 6) is -5.13. The number of carboxylic acids is 2. The van der Waals surface area contributed by atoms with Crippen LogP contribution in [0.3, 0.4) is 0 Å². The van der Waals surface area contributed by atoms with Gasteiger partial charge in [-0.1, -0.05) is 131 Å². The molecule has 4 atom stereocenters. The minimum absolute atomic E-state index is 0. The van der Waals surface area contributed by atoms with Crippen molar-refractivity contribution >= 4 is 79.6 Å². The summed E-state index contributed by atoms with van der Waals surface area (Å²) in [5.41, 5.74) is 0. The van der Waals surface area contributed by atoms with Crippen molar-refractivity contribution in [2.75, 3.05) is 33.4 Å². The molecule has 17 nitrogen and oxygen atoms in total. The normalized spacial score (nSPS) is 13.1. The van der Waals surface area contributed by atoms with Gasteiger partial charge < -0.3 is 29.7 Å². The third-order valence-corrected chi connectivity index (χ3v) is 11.2. The molecule has 0 aromatic carbocycles. The number of carboxylic acid groups (broad SMARTS) is 2. The SMILES string of the molecule is CCCCC(CC)COC(=O)CC(C(=O)OCC(CC)CCCC)S(=O)(=O)O.CCCCCCCCCCCCOC(=O)C(CC(=O)O)S(=O)(=O)O.CNCC(=O)O.[NaH]. The van der Waals surface area contributed by atoms with E-state index in [0.29, 0.717) is 6.42 Å². The van der Waals surface area contributed by atoms with Crippen molar-refractivity contribution in [2.45, 2.75) is 174 Å². The van der Waals surface area contributed by atoms with Crippen molar-refractivity contribution in [1.82, 2.24) is 5.32 Å². The van der Waals surface area contributed by atoms with Crippen LogP contribution in [0, 0.1) is 11.8 Å². The average Bonchev–Trinajstić information content (AvgIpc) is 3.14. The van der Waals surface area contributed by atoms with Crippen LogP contribution in [0.5, 0.6) is 0 Å². The van der Waals surface area contributed by atoms with Gasteiger partial charge in [0.15, 0.2) is 10.5 Å². The van der Waals surface area contributed by atoms with E-state index >= 15 is 0 Å². The number of hydrogen-bond acceptors (Lipinski definition) is 13. The van der Waals surface area contributed by atoms with Gasteiger partial charge in [0.05, 0.1) is 39.2 Å². The first-order valence-corrected chi connectivity index (χ1v) is 23.7. The maximum absolute atomic E-state index is 12.2. The Labute approximate surface area is 376 Å². The van der Waals surface area contributed by atoms with E-state index in [0.717, 1.165) is 70.6 Å². The predicted octanol–water partition coefficient (Wildman–Crippen LogP) is 5.98. The number of carbonyl (C=O) groups is 5. The van der Waals surface area contributed by atoms with E-state index in [1.54, 1.807) is 7.05 Å². The van der Waals surface area contributed by atoms with Crippen molar-refractivity contribution in [3.8, 4) is 0 Å². The number of esters is 3. The topological polar surface area (TPSA) is 274 Å². The molecule has 20 heteroatoms. The molecule has 0 aliphatic rings. The van der Waals surface area contributed by atoms with Gasteiger partial charge in [-0.15, -0.1) is 0 Å². The minimum atomic E-state index is -4.78. The van der Waals surface area contributed by atoms with Gasteiger partial charge in [0.25, 0.3) is 20.2 Å². The number of rotatable bonds is 33. The molecule has 0 fully saturated rings. The Balaban J connectivity index is -0.000000446. The summed E-state index contributed by atoms with van der Waals surface area (Å²) >= 11 is 0. The van der Waals surface area contributed by atoms with Crippen LogP contribution in [0.4, 0.5) is 0 Å². The first-order chi connectivity index (χ1) is 27.2. The summed E-state index contributed by atoms with van der Waals surface area (Å²) in [4.78, 5) is 55.8. The summed E-state index contributed by atoms with van der Waals surface area (Å²) in [5, 5.41) is 14.9. The Kier molecular flexibility index (Phi) is 43.5. The van der Waals surface area contributed by atoms with Gasteiger partial charge in [0, 0.05) is 0 Å². The molecule has 0 saturated heterocycles. The Morgan fingerprint density at radius 1 is 0.542 bits per heavy atom. The molecule has 346 valence electrons. The molecule has 59 heavy (non-hydrogen) atoms. The Morgan fingerprint density at radius 2 is 0.932 bits per heavy atom. The Hall–Kier alpha value is -1.87. The number of unbranched alkanes of at least 4 members (excludes halogenated alkanes) is 11. The third kappa shape index (κ3) is 40.0. The van der Waals surface area contributed by atoms with Gasteiger partial charge in [-0.3, -0.25) is 33.1 Å². The number of carbonyl (C=O) groups excluding carboxylic acids is 3. The van der Waals surface area contributed by atoms with Crippen molar-refractivity contribution in [2.24, 2.45) is 11.8 Å². The number of aliphatic carboxylic acids is 2. The van der Waals surface area contributed by atoms with Crippen LogP contribution >= 0.6 is 0 Å². The molecule has 0 bridgehead atoms. The molecule has 0 amide bonds. The van der Waals surface area contributed by atoms with E-state index in [4.69, 9.17) is 29.0 Å². The zero-order valence-corrected chi connectivity index (χ0v) is 37.4. The average molecular weight is 902 g/mol. The van der Waals surface area contributed by atoms with Crippen LogP contribution in [0.15, 0.2) is 0 Å². The van der Waals surface area contributed by atoms with E-state index < -0.39 is 73.4 Å². The number of likely N-dealkylation sites (N-methyl/N-ethyl adjacent to an activating group) is 1. The van der Waals surface area contributed by atoms with Crippen molar-refractivity contribution in [1.29, 1.82) is 0 Å². The van der Waals surface area contributed by atoms with Gasteiger partial charge in [-0.25, -0.2) is 0 Å². The van der Waals surface area contributed by atoms with Crippen LogP contribution in [0.25, 0.3) is 0 Å². The van der Waals surface area contributed by atoms with Gasteiger partial charge in [0.1, 0.15) is 0 Å². The molecule has 0 aromatic rings. The molecule has 5 N–H and O–H groups in total. The molecule has 0 aliphatic carbocycles. The molecule has 0 saturated carbocycles. The van der Waals surface area contributed by atoms with Gasteiger partial charge in [0.2, 0.25) is 0 Å². The van der Waals surface area contributed by atoms with Crippen molar-refractivity contribution < 1.29 is 74.3 Å². The second kappa shape index (κ2) is 40.2. The second-order valence-electron chi connectivity index (χ2n) is 14.2. The number of nitrogens with one attached hydrogen (secondary N) is 1.